The normalized spacial score (nSPS) is 21.2. The van der Waals surface area contributed by atoms with Crippen molar-refractivity contribution in [2.75, 3.05) is 0 Å². The van der Waals surface area contributed by atoms with Crippen LogP contribution in [-0.4, -0.2) is 19.6 Å². The molecule has 0 aliphatic heterocycles. The summed E-state index contributed by atoms with van der Waals surface area (Å²) in [5.41, 5.74) is 2.79. The fourth-order valence-electron chi connectivity index (χ4n) is 2.66. The predicted molar refractivity (Wildman–Crippen MR) is 80.4 cm³/mol. The van der Waals surface area contributed by atoms with Gasteiger partial charge in [0.25, 0.3) is 0 Å². The summed E-state index contributed by atoms with van der Waals surface area (Å²) >= 11 is 0. The van der Waals surface area contributed by atoms with Crippen LogP contribution in [0.5, 0.6) is 0 Å². The highest BCUT2D eigenvalue weighted by atomic mass is 32.2. The van der Waals surface area contributed by atoms with Crippen molar-refractivity contribution < 1.29 is 13.5 Å². The van der Waals surface area contributed by atoms with Crippen molar-refractivity contribution in [3.63, 3.8) is 0 Å². The second kappa shape index (κ2) is 5.26. The lowest BCUT2D eigenvalue weighted by Gasteiger charge is -2.17. The molecule has 0 unspecified atom stereocenters. The minimum atomic E-state index is -3.62. The maximum absolute atomic E-state index is 12.4. The van der Waals surface area contributed by atoms with E-state index in [0.29, 0.717) is 6.42 Å². The van der Waals surface area contributed by atoms with Gasteiger partial charge < -0.3 is 5.11 Å². The lowest BCUT2D eigenvalue weighted by molar-refractivity contribution is 0.152. The van der Waals surface area contributed by atoms with E-state index < -0.39 is 22.2 Å². The number of sulfonamides is 1. The molecule has 2 aromatic carbocycles. The highest BCUT2D eigenvalue weighted by molar-refractivity contribution is 7.89. The third-order valence-electron chi connectivity index (χ3n) is 3.83. The van der Waals surface area contributed by atoms with Gasteiger partial charge in [-0.2, -0.15) is 0 Å². The summed E-state index contributed by atoms with van der Waals surface area (Å²) in [7, 11) is -3.62. The first-order chi connectivity index (χ1) is 9.97. The van der Waals surface area contributed by atoms with Gasteiger partial charge in [-0.25, -0.2) is 13.1 Å². The summed E-state index contributed by atoms with van der Waals surface area (Å²) in [6.07, 6.45) is -0.302. The Kier molecular flexibility index (Phi) is 3.57. The molecule has 0 fully saturated rings. The molecule has 2 N–H and O–H groups in total. The summed E-state index contributed by atoms with van der Waals surface area (Å²) in [5.74, 6) is 0. The number of rotatable bonds is 3. The van der Waals surface area contributed by atoms with Gasteiger partial charge in [0.1, 0.15) is 0 Å². The topological polar surface area (TPSA) is 66.4 Å². The van der Waals surface area contributed by atoms with Crippen LogP contribution >= 0.6 is 0 Å². The number of aliphatic hydroxyl groups excluding tert-OH is 1. The smallest absolute Gasteiger partial charge is 0.240 e. The molecule has 0 saturated carbocycles. The van der Waals surface area contributed by atoms with E-state index in [2.05, 4.69) is 4.72 Å². The molecule has 0 spiro atoms. The maximum atomic E-state index is 12.4. The highest BCUT2D eigenvalue weighted by Gasteiger charge is 2.33. The van der Waals surface area contributed by atoms with E-state index >= 15 is 0 Å². The van der Waals surface area contributed by atoms with Crippen molar-refractivity contribution >= 4 is 10.0 Å². The van der Waals surface area contributed by atoms with Crippen molar-refractivity contribution in [2.24, 2.45) is 0 Å². The van der Waals surface area contributed by atoms with Crippen LogP contribution in [0.3, 0.4) is 0 Å². The summed E-state index contributed by atoms with van der Waals surface area (Å²) in [4.78, 5) is 0.219. The van der Waals surface area contributed by atoms with Crippen LogP contribution in [0.25, 0.3) is 0 Å². The third-order valence-corrected chi connectivity index (χ3v) is 5.34. The second-order valence-corrected chi connectivity index (χ2v) is 7.10. The molecule has 4 nitrogen and oxygen atoms in total. The minimum absolute atomic E-state index is 0.219. The van der Waals surface area contributed by atoms with Crippen LogP contribution < -0.4 is 4.72 Å². The fourth-order valence-corrected chi connectivity index (χ4v) is 3.91. The lowest BCUT2D eigenvalue weighted by atomic mass is 10.1. The number of nitrogens with one attached hydrogen (secondary N) is 1. The SMILES string of the molecule is Cc1ccc(S(=O)(=O)N[C@@H]2Cc3ccccc3[C@@H]2O)cc1. The zero-order chi connectivity index (χ0) is 15.0. The molecule has 110 valence electrons. The Hall–Kier alpha value is -1.69. The monoisotopic (exact) mass is 303 g/mol. The average Bonchev–Trinajstić information content (AvgIpc) is 2.76. The zero-order valence-corrected chi connectivity index (χ0v) is 12.5. The van der Waals surface area contributed by atoms with E-state index in [0.717, 1.165) is 16.7 Å². The quantitative estimate of drug-likeness (QED) is 0.910. The van der Waals surface area contributed by atoms with E-state index in [4.69, 9.17) is 0 Å². The van der Waals surface area contributed by atoms with Gasteiger partial charge in [0, 0.05) is 0 Å². The van der Waals surface area contributed by atoms with E-state index in [1.807, 2.05) is 31.2 Å². The van der Waals surface area contributed by atoms with Crippen LogP contribution in [0.15, 0.2) is 53.4 Å². The minimum Gasteiger partial charge on any atom is -0.387 e. The Balaban J connectivity index is 1.83. The highest BCUT2D eigenvalue weighted by Crippen LogP contribution is 2.31. The number of aliphatic hydroxyl groups is 1. The molecule has 0 aromatic heterocycles. The Morgan fingerprint density at radius 1 is 1.10 bits per heavy atom. The average molecular weight is 303 g/mol. The summed E-state index contributed by atoms with van der Waals surface area (Å²) in [6, 6.07) is 13.6. The molecule has 2 aromatic rings. The third kappa shape index (κ3) is 2.72. The van der Waals surface area contributed by atoms with Crippen LogP contribution in [0.2, 0.25) is 0 Å². The predicted octanol–water partition coefficient (Wildman–Crippen LogP) is 1.93. The van der Waals surface area contributed by atoms with Crippen molar-refractivity contribution in [1.82, 2.24) is 4.72 Å². The van der Waals surface area contributed by atoms with Gasteiger partial charge in [-0.05, 0) is 36.6 Å². The molecule has 0 bridgehead atoms. The van der Waals surface area contributed by atoms with Crippen LogP contribution in [0, 0.1) is 6.92 Å². The molecule has 0 amide bonds. The van der Waals surface area contributed by atoms with Gasteiger partial charge in [-0.15, -0.1) is 0 Å². The van der Waals surface area contributed by atoms with Gasteiger partial charge in [0.15, 0.2) is 0 Å². The fraction of sp³-hybridized carbons (Fsp3) is 0.250. The Morgan fingerprint density at radius 2 is 1.76 bits per heavy atom. The first-order valence-corrected chi connectivity index (χ1v) is 8.30. The Bertz CT molecular complexity index is 753. The van der Waals surface area contributed by atoms with Crippen LogP contribution in [0.4, 0.5) is 0 Å². The van der Waals surface area contributed by atoms with Crippen molar-refractivity contribution in [3.05, 3.63) is 65.2 Å². The van der Waals surface area contributed by atoms with E-state index in [-0.39, 0.29) is 4.90 Å². The Labute approximate surface area is 124 Å². The number of benzene rings is 2. The van der Waals surface area contributed by atoms with Gasteiger partial charge in [0.05, 0.1) is 17.0 Å². The largest absolute Gasteiger partial charge is 0.387 e. The van der Waals surface area contributed by atoms with Gasteiger partial charge in [-0.1, -0.05) is 42.0 Å². The number of hydrogen-bond acceptors (Lipinski definition) is 3. The van der Waals surface area contributed by atoms with Crippen molar-refractivity contribution in [3.8, 4) is 0 Å². The molecule has 3 rings (SSSR count). The molecular formula is C16H17NO3S. The molecule has 0 saturated heterocycles. The maximum Gasteiger partial charge on any atom is 0.240 e. The Morgan fingerprint density at radius 3 is 2.43 bits per heavy atom. The number of fused-ring (bicyclic) bond motifs is 1. The van der Waals surface area contributed by atoms with Crippen LogP contribution in [-0.2, 0) is 16.4 Å². The molecule has 21 heavy (non-hydrogen) atoms. The summed E-state index contributed by atoms with van der Waals surface area (Å²) in [5, 5.41) is 10.3. The molecular weight excluding hydrogens is 286 g/mol. The van der Waals surface area contributed by atoms with E-state index in [1.54, 1.807) is 24.3 Å². The van der Waals surface area contributed by atoms with Crippen molar-refractivity contribution in [1.29, 1.82) is 0 Å². The molecule has 5 heteroatoms. The summed E-state index contributed by atoms with van der Waals surface area (Å²) < 4.78 is 27.4. The molecule has 1 aliphatic carbocycles. The van der Waals surface area contributed by atoms with Crippen molar-refractivity contribution in [2.45, 2.75) is 30.4 Å². The van der Waals surface area contributed by atoms with Gasteiger partial charge in [-0.3, -0.25) is 0 Å². The van der Waals surface area contributed by atoms with E-state index in [9.17, 15) is 13.5 Å². The standard InChI is InChI=1S/C16H17NO3S/c1-11-6-8-13(9-7-11)21(19,20)17-15-10-12-4-2-3-5-14(12)16(15)18/h2-9,15-18H,10H2,1H3/t15-,16+/m1/s1. The van der Waals surface area contributed by atoms with Crippen LogP contribution in [0.1, 0.15) is 22.8 Å². The van der Waals surface area contributed by atoms with Gasteiger partial charge >= 0.3 is 0 Å². The molecule has 1 aliphatic rings. The van der Waals surface area contributed by atoms with Gasteiger partial charge in [0.2, 0.25) is 10.0 Å². The first-order valence-electron chi connectivity index (χ1n) is 6.82. The lowest BCUT2D eigenvalue weighted by Crippen LogP contribution is -2.37. The number of aryl methyl sites for hydroxylation is 1. The number of hydrogen-bond donors (Lipinski definition) is 2. The second-order valence-electron chi connectivity index (χ2n) is 5.39. The first kappa shape index (κ1) is 14.3. The van der Waals surface area contributed by atoms with E-state index in [1.165, 1.54) is 0 Å². The zero-order valence-electron chi connectivity index (χ0n) is 11.7. The molecule has 0 heterocycles. The molecule has 2 atom stereocenters. The summed E-state index contributed by atoms with van der Waals surface area (Å²) in [6.45, 7) is 1.90. The molecule has 0 radical (unpaired) electrons.